The van der Waals surface area contributed by atoms with Crippen LogP contribution in [0, 0.1) is 0 Å². The highest BCUT2D eigenvalue weighted by Crippen LogP contribution is 2.26. The monoisotopic (exact) mass is 293 g/mol. The standard InChI is InChI=1S/C16H27N3O2/c1-4-19-7-8-20-14(11-19)10-18-13-5-6-15(17)16(9-13)21-12(2)3/h5-6,9,12,14,18H,4,7-8,10-11,17H2,1-3H3. The maximum Gasteiger partial charge on any atom is 0.144 e. The van der Waals surface area contributed by atoms with Gasteiger partial charge in [0.2, 0.25) is 0 Å². The zero-order chi connectivity index (χ0) is 15.2. The van der Waals surface area contributed by atoms with Gasteiger partial charge in [0.15, 0.2) is 0 Å². The lowest BCUT2D eigenvalue weighted by Gasteiger charge is -2.32. The molecule has 0 amide bonds. The molecule has 21 heavy (non-hydrogen) atoms. The number of ether oxygens (including phenoxy) is 2. The Bertz CT molecular complexity index is 451. The molecule has 1 fully saturated rings. The smallest absolute Gasteiger partial charge is 0.144 e. The molecule has 5 nitrogen and oxygen atoms in total. The summed E-state index contributed by atoms with van der Waals surface area (Å²) in [7, 11) is 0. The van der Waals surface area contributed by atoms with Crippen molar-refractivity contribution in [2.75, 3.05) is 43.8 Å². The van der Waals surface area contributed by atoms with Crippen LogP contribution in [0.25, 0.3) is 0 Å². The van der Waals surface area contributed by atoms with Crippen molar-refractivity contribution in [2.24, 2.45) is 0 Å². The Morgan fingerprint density at radius 3 is 3.00 bits per heavy atom. The summed E-state index contributed by atoms with van der Waals surface area (Å²) in [4.78, 5) is 2.41. The van der Waals surface area contributed by atoms with E-state index in [0.717, 1.165) is 44.2 Å². The van der Waals surface area contributed by atoms with Crippen LogP contribution in [0.5, 0.6) is 5.75 Å². The van der Waals surface area contributed by atoms with Gasteiger partial charge in [0, 0.05) is 31.4 Å². The molecule has 0 aliphatic carbocycles. The van der Waals surface area contributed by atoms with Crippen molar-refractivity contribution in [3.05, 3.63) is 18.2 Å². The zero-order valence-corrected chi connectivity index (χ0v) is 13.3. The van der Waals surface area contributed by atoms with E-state index in [4.69, 9.17) is 15.2 Å². The molecule has 2 rings (SSSR count). The minimum atomic E-state index is 0.113. The molecular formula is C16H27N3O2. The van der Waals surface area contributed by atoms with Crippen LogP contribution in [0.2, 0.25) is 0 Å². The Hall–Kier alpha value is -1.46. The van der Waals surface area contributed by atoms with Gasteiger partial charge in [-0.05, 0) is 32.5 Å². The minimum Gasteiger partial charge on any atom is -0.489 e. The number of hydrogen-bond donors (Lipinski definition) is 2. The fraction of sp³-hybridized carbons (Fsp3) is 0.625. The summed E-state index contributed by atoms with van der Waals surface area (Å²) in [6.07, 6.45) is 0.341. The van der Waals surface area contributed by atoms with E-state index in [-0.39, 0.29) is 12.2 Å². The summed E-state index contributed by atoms with van der Waals surface area (Å²) >= 11 is 0. The van der Waals surface area contributed by atoms with Gasteiger partial charge in [-0.1, -0.05) is 6.92 Å². The highest BCUT2D eigenvalue weighted by molar-refractivity contribution is 5.61. The van der Waals surface area contributed by atoms with Gasteiger partial charge in [-0.3, -0.25) is 4.90 Å². The van der Waals surface area contributed by atoms with Crippen LogP contribution in [0.4, 0.5) is 11.4 Å². The molecule has 1 aliphatic rings. The van der Waals surface area contributed by atoms with Gasteiger partial charge >= 0.3 is 0 Å². The number of nitrogens with two attached hydrogens (primary N) is 1. The van der Waals surface area contributed by atoms with E-state index in [1.54, 1.807) is 0 Å². The number of hydrogen-bond acceptors (Lipinski definition) is 5. The number of benzene rings is 1. The van der Waals surface area contributed by atoms with Gasteiger partial charge in [0.25, 0.3) is 0 Å². The summed E-state index contributed by atoms with van der Waals surface area (Å²) < 4.78 is 11.5. The summed E-state index contributed by atoms with van der Waals surface area (Å²) in [6.45, 7) is 10.9. The third-order valence-corrected chi connectivity index (χ3v) is 3.58. The largest absolute Gasteiger partial charge is 0.489 e. The summed E-state index contributed by atoms with van der Waals surface area (Å²) in [5.74, 6) is 0.731. The maximum absolute atomic E-state index is 5.93. The van der Waals surface area contributed by atoms with Crippen molar-refractivity contribution in [1.82, 2.24) is 4.90 Å². The van der Waals surface area contributed by atoms with Crippen LogP contribution in [0.1, 0.15) is 20.8 Å². The Balaban J connectivity index is 1.90. The van der Waals surface area contributed by atoms with Gasteiger partial charge < -0.3 is 20.5 Å². The van der Waals surface area contributed by atoms with E-state index >= 15 is 0 Å². The van der Waals surface area contributed by atoms with Gasteiger partial charge in [0.05, 0.1) is 24.5 Å². The first-order chi connectivity index (χ1) is 10.1. The number of morpholine rings is 1. The second-order valence-corrected chi connectivity index (χ2v) is 5.69. The molecule has 0 bridgehead atoms. The number of nitrogen functional groups attached to an aromatic ring is 1. The first-order valence-corrected chi connectivity index (χ1v) is 7.72. The molecule has 1 aromatic rings. The number of likely N-dealkylation sites (N-methyl/N-ethyl adjacent to an activating group) is 1. The van der Waals surface area contributed by atoms with E-state index < -0.39 is 0 Å². The van der Waals surface area contributed by atoms with E-state index in [1.807, 2.05) is 32.0 Å². The normalized spacial score (nSPS) is 19.7. The lowest BCUT2D eigenvalue weighted by atomic mass is 10.2. The molecular weight excluding hydrogens is 266 g/mol. The molecule has 3 N–H and O–H groups in total. The predicted octanol–water partition coefficient (Wildman–Crippen LogP) is 2.19. The molecule has 1 unspecified atom stereocenters. The Kier molecular flexibility index (Phi) is 5.70. The average molecular weight is 293 g/mol. The van der Waals surface area contributed by atoms with Crippen molar-refractivity contribution >= 4 is 11.4 Å². The Morgan fingerprint density at radius 2 is 2.29 bits per heavy atom. The van der Waals surface area contributed by atoms with Crippen LogP contribution < -0.4 is 15.8 Å². The molecule has 0 radical (unpaired) electrons. The quantitative estimate of drug-likeness (QED) is 0.787. The fourth-order valence-corrected chi connectivity index (χ4v) is 2.42. The molecule has 0 aromatic heterocycles. The molecule has 0 saturated carbocycles. The molecule has 118 valence electrons. The number of nitrogens with zero attached hydrogens (tertiary/aromatic N) is 1. The lowest BCUT2D eigenvalue weighted by Crippen LogP contribution is -2.45. The predicted molar refractivity (Wildman–Crippen MR) is 87.0 cm³/mol. The number of anilines is 2. The molecule has 1 aliphatic heterocycles. The molecule has 1 heterocycles. The van der Waals surface area contributed by atoms with Crippen molar-refractivity contribution < 1.29 is 9.47 Å². The van der Waals surface area contributed by atoms with Crippen molar-refractivity contribution in [1.29, 1.82) is 0 Å². The third-order valence-electron chi connectivity index (χ3n) is 3.58. The van der Waals surface area contributed by atoms with Crippen molar-refractivity contribution in [3.8, 4) is 5.75 Å². The topological polar surface area (TPSA) is 59.8 Å². The molecule has 1 aromatic carbocycles. The molecule has 0 spiro atoms. The van der Waals surface area contributed by atoms with Gasteiger partial charge in [-0.2, -0.15) is 0 Å². The number of nitrogens with one attached hydrogen (secondary N) is 1. The van der Waals surface area contributed by atoms with Gasteiger partial charge in [-0.15, -0.1) is 0 Å². The maximum atomic E-state index is 5.93. The second kappa shape index (κ2) is 7.52. The molecule has 1 atom stereocenters. The van der Waals surface area contributed by atoms with Crippen molar-refractivity contribution in [2.45, 2.75) is 33.0 Å². The number of rotatable bonds is 6. The third kappa shape index (κ3) is 4.79. The summed E-state index contributed by atoms with van der Waals surface area (Å²) in [6, 6.07) is 5.80. The van der Waals surface area contributed by atoms with E-state index in [0.29, 0.717) is 5.69 Å². The Labute approximate surface area is 127 Å². The lowest BCUT2D eigenvalue weighted by molar-refractivity contribution is -0.0191. The van der Waals surface area contributed by atoms with Crippen molar-refractivity contribution in [3.63, 3.8) is 0 Å². The highest BCUT2D eigenvalue weighted by atomic mass is 16.5. The molecule has 5 heteroatoms. The first-order valence-electron chi connectivity index (χ1n) is 7.72. The van der Waals surface area contributed by atoms with Crippen LogP contribution in [-0.4, -0.2) is 49.9 Å². The SMILES string of the molecule is CCN1CCOC(CNc2ccc(N)c(OC(C)C)c2)C1. The van der Waals surface area contributed by atoms with Crippen LogP contribution in [-0.2, 0) is 4.74 Å². The van der Waals surface area contributed by atoms with Gasteiger partial charge in [-0.25, -0.2) is 0 Å². The zero-order valence-electron chi connectivity index (χ0n) is 13.3. The van der Waals surface area contributed by atoms with Crippen LogP contribution >= 0.6 is 0 Å². The summed E-state index contributed by atoms with van der Waals surface area (Å²) in [5, 5.41) is 3.41. The van der Waals surface area contributed by atoms with E-state index in [9.17, 15) is 0 Å². The average Bonchev–Trinajstić information content (AvgIpc) is 2.48. The Morgan fingerprint density at radius 1 is 1.48 bits per heavy atom. The van der Waals surface area contributed by atoms with Gasteiger partial charge in [0.1, 0.15) is 5.75 Å². The molecule has 1 saturated heterocycles. The highest BCUT2D eigenvalue weighted by Gasteiger charge is 2.18. The van der Waals surface area contributed by atoms with E-state index in [1.165, 1.54) is 0 Å². The fourth-order valence-electron chi connectivity index (χ4n) is 2.42. The summed E-state index contributed by atoms with van der Waals surface area (Å²) in [5.41, 5.74) is 7.61. The van der Waals surface area contributed by atoms with Crippen LogP contribution in [0.15, 0.2) is 18.2 Å². The minimum absolute atomic E-state index is 0.113. The van der Waals surface area contributed by atoms with Crippen LogP contribution in [0.3, 0.4) is 0 Å². The first kappa shape index (κ1) is 15.9. The second-order valence-electron chi connectivity index (χ2n) is 5.69. The van der Waals surface area contributed by atoms with E-state index in [2.05, 4.69) is 17.1 Å².